The van der Waals surface area contributed by atoms with Crippen molar-refractivity contribution in [3.05, 3.63) is 120 Å². The number of nitrogens with two attached hydrogens (primary N) is 1. The molecule has 3 rings (SSSR count). The molecule has 0 fully saturated rings. The summed E-state index contributed by atoms with van der Waals surface area (Å²) in [6.45, 7) is 13.9. The SMILES string of the molecule is C=C[C@@H](N)CCc1ccccc1N=C/C(=C\Cc1ccccc1C)c1ccccc1.CC.CC. The summed E-state index contributed by atoms with van der Waals surface area (Å²) >= 11 is 0. The molecule has 3 aromatic rings. The maximum Gasteiger partial charge on any atom is 0.0661 e. The van der Waals surface area contributed by atoms with Crippen LogP contribution in [0.4, 0.5) is 5.69 Å². The number of para-hydroxylation sites is 1. The lowest BCUT2D eigenvalue weighted by molar-refractivity contribution is 0.722. The van der Waals surface area contributed by atoms with Crippen molar-refractivity contribution in [2.75, 3.05) is 0 Å². The van der Waals surface area contributed by atoms with Crippen molar-refractivity contribution in [2.24, 2.45) is 10.7 Å². The number of benzene rings is 3. The zero-order valence-corrected chi connectivity index (χ0v) is 21.7. The molecule has 0 aliphatic heterocycles. The topological polar surface area (TPSA) is 38.4 Å². The number of nitrogens with zero attached hydrogens (tertiary/aromatic N) is 1. The molecule has 0 heterocycles. The Morgan fingerprint density at radius 1 is 0.853 bits per heavy atom. The van der Waals surface area contributed by atoms with E-state index < -0.39 is 0 Å². The Labute approximate surface area is 208 Å². The molecule has 2 N–H and O–H groups in total. The van der Waals surface area contributed by atoms with Gasteiger partial charge in [0.15, 0.2) is 0 Å². The van der Waals surface area contributed by atoms with E-state index >= 15 is 0 Å². The minimum Gasteiger partial charge on any atom is -0.324 e. The van der Waals surface area contributed by atoms with Crippen molar-refractivity contribution in [2.45, 2.75) is 59.9 Å². The summed E-state index contributed by atoms with van der Waals surface area (Å²) < 4.78 is 0. The Bertz CT molecular complexity index is 1020. The molecule has 180 valence electrons. The van der Waals surface area contributed by atoms with E-state index in [-0.39, 0.29) is 6.04 Å². The van der Waals surface area contributed by atoms with Crippen molar-refractivity contribution in [3.63, 3.8) is 0 Å². The van der Waals surface area contributed by atoms with Crippen LogP contribution in [0.15, 0.2) is 103 Å². The highest BCUT2D eigenvalue weighted by Crippen LogP contribution is 2.22. The van der Waals surface area contributed by atoms with Crippen molar-refractivity contribution in [1.29, 1.82) is 0 Å². The summed E-state index contributed by atoms with van der Waals surface area (Å²) in [6, 6.07) is 27.2. The Morgan fingerprint density at radius 3 is 2.09 bits per heavy atom. The number of allylic oxidation sites excluding steroid dienone is 2. The van der Waals surface area contributed by atoms with E-state index in [4.69, 9.17) is 10.7 Å². The zero-order chi connectivity index (χ0) is 25.2. The minimum atomic E-state index is 0.0101. The fraction of sp³-hybridized carbons (Fsp3) is 0.281. The van der Waals surface area contributed by atoms with Gasteiger partial charge in [0.1, 0.15) is 0 Å². The third-order valence-corrected chi connectivity index (χ3v) is 5.29. The molecule has 0 aromatic heterocycles. The Morgan fingerprint density at radius 2 is 1.44 bits per heavy atom. The fourth-order valence-electron chi connectivity index (χ4n) is 3.36. The molecule has 3 aromatic carbocycles. The highest BCUT2D eigenvalue weighted by atomic mass is 14.7. The quantitative estimate of drug-likeness (QED) is 0.255. The Hall–Kier alpha value is -3.23. The summed E-state index contributed by atoms with van der Waals surface area (Å²) in [5, 5.41) is 0. The highest BCUT2D eigenvalue weighted by molar-refractivity contribution is 6.10. The van der Waals surface area contributed by atoms with Crippen molar-refractivity contribution in [3.8, 4) is 0 Å². The number of rotatable bonds is 9. The highest BCUT2D eigenvalue weighted by Gasteiger charge is 2.05. The number of aliphatic imine (C=N–C) groups is 1. The summed E-state index contributed by atoms with van der Waals surface area (Å²) in [5.74, 6) is 0. The van der Waals surface area contributed by atoms with Gasteiger partial charge in [0.2, 0.25) is 0 Å². The smallest absolute Gasteiger partial charge is 0.0661 e. The van der Waals surface area contributed by atoms with Crippen LogP contribution in [0.3, 0.4) is 0 Å². The van der Waals surface area contributed by atoms with Crippen LogP contribution in [-0.4, -0.2) is 12.3 Å². The van der Waals surface area contributed by atoms with Gasteiger partial charge >= 0.3 is 0 Å². The van der Waals surface area contributed by atoms with E-state index in [0.29, 0.717) is 0 Å². The maximum absolute atomic E-state index is 6.01. The molecule has 2 heteroatoms. The molecule has 0 aliphatic carbocycles. The van der Waals surface area contributed by atoms with Crippen LogP contribution in [-0.2, 0) is 12.8 Å². The van der Waals surface area contributed by atoms with Gasteiger partial charge in [0, 0.05) is 12.3 Å². The summed E-state index contributed by atoms with van der Waals surface area (Å²) in [5.41, 5.74) is 13.1. The van der Waals surface area contributed by atoms with E-state index in [1.165, 1.54) is 22.3 Å². The largest absolute Gasteiger partial charge is 0.324 e. The van der Waals surface area contributed by atoms with Gasteiger partial charge in [0.05, 0.1) is 5.69 Å². The molecule has 0 radical (unpaired) electrons. The lowest BCUT2D eigenvalue weighted by Crippen LogP contribution is -2.16. The van der Waals surface area contributed by atoms with E-state index in [1.807, 2.05) is 46.0 Å². The first-order chi connectivity index (χ1) is 16.7. The molecule has 0 bridgehead atoms. The second-order valence-corrected chi connectivity index (χ2v) is 7.48. The monoisotopic (exact) mass is 454 g/mol. The van der Waals surface area contributed by atoms with Gasteiger partial charge in [0.25, 0.3) is 0 Å². The van der Waals surface area contributed by atoms with Crippen LogP contribution in [0.5, 0.6) is 0 Å². The van der Waals surface area contributed by atoms with Gasteiger partial charge in [-0.15, -0.1) is 6.58 Å². The van der Waals surface area contributed by atoms with Crippen molar-refractivity contribution >= 4 is 17.5 Å². The van der Waals surface area contributed by atoms with Crippen LogP contribution in [0.2, 0.25) is 0 Å². The van der Waals surface area contributed by atoms with E-state index in [9.17, 15) is 0 Å². The number of aryl methyl sites for hydroxylation is 2. The van der Waals surface area contributed by atoms with Gasteiger partial charge in [-0.1, -0.05) is 113 Å². The first-order valence-corrected chi connectivity index (χ1v) is 12.5. The van der Waals surface area contributed by atoms with E-state index in [0.717, 1.165) is 30.5 Å². The van der Waals surface area contributed by atoms with Crippen LogP contribution in [0, 0.1) is 6.92 Å². The summed E-state index contributed by atoms with van der Waals surface area (Å²) in [4.78, 5) is 4.86. The second kappa shape index (κ2) is 17.3. The van der Waals surface area contributed by atoms with Gasteiger partial charge in [-0.3, -0.25) is 4.99 Å². The zero-order valence-electron chi connectivity index (χ0n) is 21.7. The molecule has 34 heavy (non-hydrogen) atoms. The maximum atomic E-state index is 6.01. The van der Waals surface area contributed by atoms with Crippen LogP contribution >= 0.6 is 0 Å². The fourth-order valence-corrected chi connectivity index (χ4v) is 3.36. The minimum absolute atomic E-state index is 0.0101. The molecule has 0 spiro atoms. The summed E-state index contributed by atoms with van der Waals surface area (Å²) in [6.07, 6.45) is 8.67. The van der Waals surface area contributed by atoms with Crippen LogP contribution in [0.1, 0.15) is 56.4 Å². The van der Waals surface area contributed by atoms with Crippen LogP contribution in [0.25, 0.3) is 5.57 Å². The van der Waals surface area contributed by atoms with E-state index in [1.54, 1.807) is 6.08 Å². The molecule has 2 nitrogen and oxygen atoms in total. The average Bonchev–Trinajstić information content (AvgIpc) is 2.91. The third kappa shape index (κ3) is 9.72. The predicted molar refractivity (Wildman–Crippen MR) is 153 cm³/mol. The van der Waals surface area contributed by atoms with Gasteiger partial charge in [-0.2, -0.15) is 0 Å². The summed E-state index contributed by atoms with van der Waals surface area (Å²) in [7, 11) is 0. The Kier molecular flexibility index (Phi) is 14.6. The molecule has 0 unspecified atom stereocenters. The molecule has 0 aliphatic rings. The predicted octanol–water partition coefficient (Wildman–Crippen LogP) is 8.52. The van der Waals surface area contributed by atoms with Crippen molar-refractivity contribution < 1.29 is 0 Å². The van der Waals surface area contributed by atoms with Gasteiger partial charge < -0.3 is 5.73 Å². The lowest BCUT2D eigenvalue weighted by atomic mass is 10.0. The average molecular weight is 455 g/mol. The first-order valence-electron chi connectivity index (χ1n) is 12.5. The number of hydrogen-bond acceptors (Lipinski definition) is 2. The third-order valence-electron chi connectivity index (χ3n) is 5.29. The van der Waals surface area contributed by atoms with Gasteiger partial charge in [-0.05, 0) is 60.1 Å². The number of hydrogen-bond donors (Lipinski definition) is 1. The van der Waals surface area contributed by atoms with E-state index in [2.05, 4.69) is 86.3 Å². The first kappa shape index (κ1) is 28.8. The van der Waals surface area contributed by atoms with Crippen LogP contribution < -0.4 is 5.73 Å². The molecule has 0 saturated carbocycles. The molecule has 0 amide bonds. The molecular formula is C32H42N2. The van der Waals surface area contributed by atoms with Crippen molar-refractivity contribution in [1.82, 2.24) is 0 Å². The standard InChI is InChI=1S/C28H30N2.2C2H6/c1-3-27(29)20-19-25-15-9-10-16-28(25)30-21-26(24-13-5-4-6-14-24)18-17-23-12-8-7-11-22(23)2;2*1-2/h3-16,18,21,27H,1,17,19-20,29H2,2H3;2*1-2H3/b26-18+,30-21?;;/t27-;;/m1../s1. The lowest BCUT2D eigenvalue weighted by Gasteiger charge is -2.09. The van der Waals surface area contributed by atoms with Gasteiger partial charge in [-0.25, -0.2) is 0 Å². The molecule has 0 saturated heterocycles. The molecule has 1 atom stereocenters. The molecular weight excluding hydrogens is 412 g/mol. The Balaban J connectivity index is 0.00000137. The normalized spacial score (nSPS) is 11.6. The second-order valence-electron chi connectivity index (χ2n) is 7.48.